The van der Waals surface area contributed by atoms with Crippen molar-refractivity contribution in [2.45, 2.75) is 83.5 Å². The highest BCUT2D eigenvalue weighted by molar-refractivity contribution is 4.97. The number of nitrogens with one attached hydrogen (secondary N) is 1. The fourth-order valence-electron chi connectivity index (χ4n) is 3.35. The summed E-state index contributed by atoms with van der Waals surface area (Å²) in [6.45, 7) is 9.11. The second kappa shape index (κ2) is 8.37. The van der Waals surface area contributed by atoms with Gasteiger partial charge in [0.25, 0.3) is 0 Å². The van der Waals surface area contributed by atoms with Gasteiger partial charge in [-0.05, 0) is 58.7 Å². The molecule has 0 amide bonds. The molecule has 0 aliphatic carbocycles. The van der Waals surface area contributed by atoms with Crippen LogP contribution in [0.2, 0.25) is 0 Å². The van der Waals surface area contributed by atoms with Crippen LogP contribution in [0.4, 0.5) is 13.2 Å². The summed E-state index contributed by atoms with van der Waals surface area (Å²) >= 11 is 0. The molecular weight excluding hydrogens is 277 g/mol. The third-order valence-corrected chi connectivity index (χ3v) is 4.90. The minimum Gasteiger partial charge on any atom is -0.312 e. The maximum atomic E-state index is 12.6. The summed E-state index contributed by atoms with van der Waals surface area (Å²) in [6, 6.07) is -0.0952. The second-order valence-electron chi connectivity index (χ2n) is 6.42. The molecule has 0 aromatic heterocycles. The van der Waals surface area contributed by atoms with Crippen molar-refractivity contribution in [3.8, 4) is 0 Å². The van der Waals surface area contributed by atoms with Gasteiger partial charge in [0.15, 0.2) is 0 Å². The van der Waals surface area contributed by atoms with Gasteiger partial charge in [0.1, 0.15) is 0 Å². The summed E-state index contributed by atoms with van der Waals surface area (Å²) in [5.74, 6) is 0. The van der Waals surface area contributed by atoms with Crippen LogP contribution in [0.1, 0.15) is 65.7 Å². The van der Waals surface area contributed by atoms with Crippen molar-refractivity contribution in [1.82, 2.24) is 10.2 Å². The Morgan fingerprint density at radius 1 is 1.10 bits per heavy atom. The summed E-state index contributed by atoms with van der Waals surface area (Å²) in [6.07, 6.45) is 0.802. The molecule has 126 valence electrons. The highest BCUT2D eigenvalue weighted by atomic mass is 19.4. The van der Waals surface area contributed by atoms with Crippen LogP contribution >= 0.6 is 0 Å². The van der Waals surface area contributed by atoms with Crippen molar-refractivity contribution < 1.29 is 13.2 Å². The number of halogens is 3. The highest BCUT2D eigenvalue weighted by Crippen LogP contribution is 2.32. The first-order valence-corrected chi connectivity index (χ1v) is 8.38. The van der Waals surface area contributed by atoms with Gasteiger partial charge >= 0.3 is 6.18 Å². The van der Waals surface area contributed by atoms with Gasteiger partial charge in [-0.2, -0.15) is 13.2 Å². The zero-order chi connectivity index (χ0) is 15.9. The Morgan fingerprint density at radius 3 is 2.19 bits per heavy atom. The first-order chi connectivity index (χ1) is 9.83. The third kappa shape index (κ3) is 5.78. The van der Waals surface area contributed by atoms with Crippen molar-refractivity contribution in [2.75, 3.05) is 19.6 Å². The van der Waals surface area contributed by atoms with Crippen molar-refractivity contribution in [3.63, 3.8) is 0 Å². The minimum absolute atomic E-state index is 0.0952. The van der Waals surface area contributed by atoms with Crippen molar-refractivity contribution in [3.05, 3.63) is 0 Å². The van der Waals surface area contributed by atoms with E-state index in [2.05, 4.69) is 31.0 Å². The molecule has 1 saturated heterocycles. The van der Waals surface area contributed by atoms with E-state index in [0.29, 0.717) is 0 Å². The molecule has 0 saturated carbocycles. The van der Waals surface area contributed by atoms with Crippen LogP contribution in [-0.4, -0.2) is 42.3 Å². The van der Waals surface area contributed by atoms with Gasteiger partial charge < -0.3 is 5.32 Å². The highest BCUT2D eigenvalue weighted by Gasteiger charge is 2.40. The molecule has 1 fully saturated rings. The number of hydrogen-bond donors (Lipinski definition) is 1. The molecule has 0 aromatic rings. The van der Waals surface area contributed by atoms with Crippen LogP contribution in [0.3, 0.4) is 0 Å². The zero-order valence-corrected chi connectivity index (χ0v) is 13.7. The number of nitrogens with zero attached hydrogens (tertiary/aromatic N) is 1. The van der Waals surface area contributed by atoms with Crippen molar-refractivity contribution in [2.24, 2.45) is 0 Å². The van der Waals surface area contributed by atoms with E-state index in [-0.39, 0.29) is 18.0 Å². The topological polar surface area (TPSA) is 15.3 Å². The lowest BCUT2D eigenvalue weighted by Crippen LogP contribution is -2.60. The van der Waals surface area contributed by atoms with Crippen molar-refractivity contribution >= 4 is 0 Å². The van der Waals surface area contributed by atoms with Gasteiger partial charge in [-0.25, -0.2) is 0 Å². The summed E-state index contributed by atoms with van der Waals surface area (Å²) in [5.41, 5.74) is -0.180. The minimum atomic E-state index is -4.07. The maximum absolute atomic E-state index is 12.6. The smallest absolute Gasteiger partial charge is 0.312 e. The molecule has 0 aromatic carbocycles. The first-order valence-electron chi connectivity index (χ1n) is 8.38. The normalized spacial score (nSPS) is 22.0. The molecule has 0 bridgehead atoms. The molecular formula is C16H31F3N2. The van der Waals surface area contributed by atoms with Crippen LogP contribution in [0.15, 0.2) is 0 Å². The molecule has 1 aliphatic rings. The summed E-state index contributed by atoms with van der Waals surface area (Å²) in [5, 5.41) is 3.39. The molecule has 1 aliphatic heterocycles. The summed E-state index contributed by atoms with van der Waals surface area (Å²) in [7, 11) is 0. The average molecular weight is 308 g/mol. The van der Waals surface area contributed by atoms with Gasteiger partial charge in [-0.15, -0.1) is 0 Å². The number of rotatable bonds is 8. The number of likely N-dealkylation sites (tertiary alicyclic amines) is 1. The van der Waals surface area contributed by atoms with Gasteiger partial charge in [-0.3, -0.25) is 4.90 Å². The van der Waals surface area contributed by atoms with Crippen LogP contribution in [0.25, 0.3) is 0 Å². The molecule has 1 N–H and O–H groups in total. The molecule has 1 heterocycles. The standard InChI is InChI=1S/C16H31F3N2/c1-4-11-20-14(9-10-16(17,18)19)15(3,5-2)21-12-7-6-8-13-21/h14,20H,4-13H2,1-3H3. The number of alkyl halides is 3. The lowest BCUT2D eigenvalue weighted by Gasteiger charge is -2.48. The van der Waals surface area contributed by atoms with Gasteiger partial charge in [0.05, 0.1) is 0 Å². The van der Waals surface area contributed by atoms with Crippen molar-refractivity contribution in [1.29, 1.82) is 0 Å². The lowest BCUT2D eigenvalue weighted by molar-refractivity contribution is -0.139. The van der Waals surface area contributed by atoms with E-state index in [0.717, 1.165) is 45.3 Å². The zero-order valence-electron chi connectivity index (χ0n) is 13.7. The van der Waals surface area contributed by atoms with Gasteiger partial charge in [-0.1, -0.05) is 20.3 Å². The van der Waals surface area contributed by atoms with E-state index in [1.165, 1.54) is 6.42 Å². The van der Waals surface area contributed by atoms with E-state index in [9.17, 15) is 13.2 Å². The van der Waals surface area contributed by atoms with E-state index in [1.54, 1.807) is 0 Å². The van der Waals surface area contributed by atoms with E-state index < -0.39 is 12.6 Å². The molecule has 2 nitrogen and oxygen atoms in total. The molecule has 2 unspecified atom stereocenters. The Balaban J connectivity index is 2.78. The van der Waals surface area contributed by atoms with Gasteiger partial charge in [0.2, 0.25) is 0 Å². The predicted molar refractivity (Wildman–Crippen MR) is 81.5 cm³/mol. The Morgan fingerprint density at radius 2 is 1.71 bits per heavy atom. The molecule has 0 radical (unpaired) electrons. The SMILES string of the molecule is CCCNC(CCC(F)(F)F)C(C)(CC)N1CCCCC1. The van der Waals surface area contributed by atoms with Crippen LogP contribution in [0.5, 0.6) is 0 Å². The third-order valence-electron chi connectivity index (χ3n) is 4.90. The van der Waals surface area contributed by atoms with E-state index >= 15 is 0 Å². The van der Waals surface area contributed by atoms with E-state index in [1.807, 2.05) is 0 Å². The first kappa shape index (κ1) is 18.8. The average Bonchev–Trinajstić information content (AvgIpc) is 2.46. The monoisotopic (exact) mass is 308 g/mol. The quantitative estimate of drug-likeness (QED) is 0.717. The molecule has 21 heavy (non-hydrogen) atoms. The molecule has 5 heteroatoms. The fraction of sp³-hybridized carbons (Fsp3) is 1.00. The van der Waals surface area contributed by atoms with Crippen LogP contribution in [0, 0.1) is 0 Å². The maximum Gasteiger partial charge on any atom is 0.389 e. The fourth-order valence-corrected chi connectivity index (χ4v) is 3.35. The Bertz CT molecular complexity index is 288. The van der Waals surface area contributed by atoms with Crippen LogP contribution < -0.4 is 5.32 Å². The molecule has 0 spiro atoms. The molecule has 1 rings (SSSR count). The van der Waals surface area contributed by atoms with Crippen LogP contribution in [-0.2, 0) is 0 Å². The Kier molecular flexibility index (Phi) is 7.48. The predicted octanol–water partition coefficient (Wildman–Crippen LogP) is 4.35. The lowest BCUT2D eigenvalue weighted by atomic mass is 9.83. The Labute approximate surface area is 127 Å². The number of hydrogen-bond acceptors (Lipinski definition) is 2. The Hall–Kier alpha value is -0.290. The second-order valence-corrected chi connectivity index (χ2v) is 6.42. The number of piperidine rings is 1. The summed E-state index contributed by atoms with van der Waals surface area (Å²) < 4.78 is 37.9. The summed E-state index contributed by atoms with van der Waals surface area (Å²) in [4.78, 5) is 2.42. The molecule has 2 atom stereocenters. The largest absolute Gasteiger partial charge is 0.389 e. The van der Waals surface area contributed by atoms with Gasteiger partial charge in [0, 0.05) is 18.0 Å². The van der Waals surface area contributed by atoms with E-state index in [4.69, 9.17) is 0 Å².